The van der Waals surface area contributed by atoms with E-state index >= 15 is 0 Å². The fourth-order valence-electron chi connectivity index (χ4n) is 1.89. The molecule has 0 fully saturated rings. The van der Waals surface area contributed by atoms with Gasteiger partial charge < -0.3 is 10.2 Å². The van der Waals surface area contributed by atoms with Crippen LogP contribution in [0.2, 0.25) is 0 Å². The van der Waals surface area contributed by atoms with Gasteiger partial charge in [0.25, 0.3) is 0 Å². The van der Waals surface area contributed by atoms with E-state index in [9.17, 15) is 10.2 Å². The Morgan fingerprint density at radius 3 is 2.50 bits per heavy atom. The average molecular weight is 305 g/mol. The minimum atomic E-state index is 0.135. The lowest BCUT2D eigenvalue weighted by Gasteiger charge is -2.07. The van der Waals surface area contributed by atoms with Crippen molar-refractivity contribution in [1.82, 2.24) is 9.97 Å². The molecule has 2 aromatic carbocycles. The first-order valence-corrected chi connectivity index (χ1v) is 6.14. The van der Waals surface area contributed by atoms with Crippen molar-refractivity contribution < 1.29 is 10.2 Å². The SMILES string of the molecule is Cc1cc(Br)c2nc3cc(O)ccc3nc2c1O. The van der Waals surface area contributed by atoms with E-state index in [1.165, 1.54) is 0 Å². The Bertz CT molecular complexity index is 787. The molecule has 3 rings (SSSR count). The first-order chi connectivity index (χ1) is 8.56. The number of fused-ring (bicyclic) bond motifs is 2. The Hall–Kier alpha value is -1.88. The van der Waals surface area contributed by atoms with Crippen molar-refractivity contribution in [1.29, 1.82) is 0 Å². The third-order valence-corrected chi connectivity index (χ3v) is 3.42. The number of hydrogen-bond acceptors (Lipinski definition) is 4. The molecule has 1 aromatic heterocycles. The Morgan fingerprint density at radius 1 is 1.00 bits per heavy atom. The predicted octanol–water partition coefficient (Wildman–Crippen LogP) is 3.27. The van der Waals surface area contributed by atoms with E-state index in [1.54, 1.807) is 24.3 Å². The first kappa shape index (κ1) is 11.2. The zero-order valence-electron chi connectivity index (χ0n) is 9.48. The van der Waals surface area contributed by atoms with Gasteiger partial charge in [-0.1, -0.05) is 0 Å². The summed E-state index contributed by atoms with van der Waals surface area (Å²) in [6, 6.07) is 6.56. The molecule has 0 radical (unpaired) electrons. The smallest absolute Gasteiger partial charge is 0.146 e. The number of halogens is 1. The molecule has 90 valence electrons. The van der Waals surface area contributed by atoms with Crippen LogP contribution >= 0.6 is 15.9 Å². The maximum Gasteiger partial charge on any atom is 0.146 e. The zero-order valence-corrected chi connectivity index (χ0v) is 11.1. The van der Waals surface area contributed by atoms with Gasteiger partial charge in [-0.2, -0.15) is 0 Å². The first-order valence-electron chi connectivity index (χ1n) is 5.35. The number of hydrogen-bond donors (Lipinski definition) is 2. The zero-order chi connectivity index (χ0) is 12.9. The Balaban J connectivity index is 2.52. The van der Waals surface area contributed by atoms with Crippen molar-refractivity contribution in [3.05, 3.63) is 34.3 Å². The van der Waals surface area contributed by atoms with Crippen LogP contribution in [-0.4, -0.2) is 20.2 Å². The van der Waals surface area contributed by atoms with Gasteiger partial charge in [0.1, 0.15) is 22.5 Å². The molecular weight excluding hydrogens is 296 g/mol. The van der Waals surface area contributed by atoms with Gasteiger partial charge in [-0.25, -0.2) is 9.97 Å². The highest BCUT2D eigenvalue weighted by Gasteiger charge is 2.12. The Kier molecular flexibility index (Phi) is 2.38. The number of aryl methyl sites for hydroxylation is 1. The fraction of sp³-hybridized carbons (Fsp3) is 0.0769. The maximum absolute atomic E-state index is 10.0. The van der Waals surface area contributed by atoms with Crippen molar-refractivity contribution in [2.75, 3.05) is 0 Å². The van der Waals surface area contributed by atoms with Crippen molar-refractivity contribution >= 4 is 38.0 Å². The molecule has 0 amide bonds. The summed E-state index contributed by atoms with van der Waals surface area (Å²) < 4.78 is 0.769. The summed E-state index contributed by atoms with van der Waals surface area (Å²) >= 11 is 3.41. The molecule has 0 unspecified atom stereocenters. The minimum absolute atomic E-state index is 0.135. The maximum atomic E-state index is 10.0. The van der Waals surface area contributed by atoms with E-state index in [2.05, 4.69) is 25.9 Å². The van der Waals surface area contributed by atoms with Crippen LogP contribution in [0.15, 0.2) is 28.7 Å². The lowest BCUT2D eigenvalue weighted by molar-refractivity contribution is 0.476. The second-order valence-corrected chi connectivity index (χ2v) is 4.97. The normalized spacial score (nSPS) is 11.2. The number of aromatic hydroxyl groups is 2. The highest BCUT2D eigenvalue weighted by molar-refractivity contribution is 9.10. The van der Waals surface area contributed by atoms with Crippen LogP contribution in [0, 0.1) is 6.92 Å². The lowest BCUT2D eigenvalue weighted by Crippen LogP contribution is -1.90. The van der Waals surface area contributed by atoms with Crippen molar-refractivity contribution in [2.24, 2.45) is 0 Å². The van der Waals surface area contributed by atoms with E-state index < -0.39 is 0 Å². The molecule has 4 nitrogen and oxygen atoms in total. The van der Waals surface area contributed by atoms with E-state index in [-0.39, 0.29) is 11.5 Å². The molecule has 0 aliphatic rings. The molecule has 5 heteroatoms. The van der Waals surface area contributed by atoms with Gasteiger partial charge in [0.05, 0.1) is 11.0 Å². The van der Waals surface area contributed by atoms with E-state index in [0.29, 0.717) is 22.1 Å². The molecule has 0 spiro atoms. The third-order valence-electron chi connectivity index (χ3n) is 2.82. The number of nitrogens with zero attached hydrogens (tertiary/aromatic N) is 2. The summed E-state index contributed by atoms with van der Waals surface area (Å²) in [6.07, 6.45) is 0. The molecule has 0 aliphatic heterocycles. The van der Waals surface area contributed by atoms with Gasteiger partial charge in [-0.15, -0.1) is 0 Å². The summed E-state index contributed by atoms with van der Waals surface area (Å²) in [4.78, 5) is 8.80. The van der Waals surface area contributed by atoms with E-state index in [1.807, 2.05) is 6.92 Å². The standard InChI is InChI=1S/C13H9BrN2O2/c1-6-4-8(14)11-12(13(6)18)15-9-3-2-7(17)5-10(9)16-11/h2-5,17-18H,1H3. The van der Waals surface area contributed by atoms with Crippen molar-refractivity contribution in [2.45, 2.75) is 6.92 Å². The van der Waals surface area contributed by atoms with E-state index in [4.69, 9.17) is 0 Å². The molecule has 3 aromatic rings. The molecule has 0 atom stereocenters. The molecule has 2 N–H and O–H groups in total. The second kappa shape index (κ2) is 3.81. The average Bonchev–Trinajstić information content (AvgIpc) is 2.34. The number of aromatic nitrogens is 2. The van der Waals surface area contributed by atoms with Gasteiger partial charge >= 0.3 is 0 Å². The largest absolute Gasteiger partial charge is 0.508 e. The van der Waals surface area contributed by atoms with Gasteiger partial charge in [0.15, 0.2) is 0 Å². The molecule has 0 saturated heterocycles. The van der Waals surface area contributed by atoms with Crippen molar-refractivity contribution in [3.63, 3.8) is 0 Å². The van der Waals surface area contributed by atoms with E-state index in [0.717, 1.165) is 10.0 Å². The summed E-state index contributed by atoms with van der Waals surface area (Å²) in [7, 11) is 0. The minimum Gasteiger partial charge on any atom is -0.508 e. The molecule has 18 heavy (non-hydrogen) atoms. The third kappa shape index (κ3) is 1.59. The topological polar surface area (TPSA) is 66.2 Å². The van der Waals surface area contributed by atoms with Crippen LogP contribution in [0.4, 0.5) is 0 Å². The number of phenolic OH excluding ortho intramolecular Hbond substituents is 2. The Labute approximate surface area is 111 Å². The fourth-order valence-corrected chi connectivity index (χ4v) is 2.51. The van der Waals surface area contributed by atoms with Crippen LogP contribution < -0.4 is 0 Å². The van der Waals surface area contributed by atoms with Crippen molar-refractivity contribution in [3.8, 4) is 11.5 Å². The van der Waals surface area contributed by atoms with Crippen LogP contribution in [0.3, 0.4) is 0 Å². The number of phenols is 2. The monoisotopic (exact) mass is 304 g/mol. The summed E-state index contributed by atoms with van der Waals surface area (Å²) in [5.74, 6) is 0.277. The molecule has 1 heterocycles. The van der Waals surface area contributed by atoms with Crippen LogP contribution in [-0.2, 0) is 0 Å². The highest BCUT2D eigenvalue weighted by Crippen LogP contribution is 2.33. The Morgan fingerprint density at radius 2 is 1.72 bits per heavy atom. The molecule has 0 aliphatic carbocycles. The van der Waals surface area contributed by atoms with Gasteiger partial charge in [0.2, 0.25) is 0 Å². The summed E-state index contributed by atoms with van der Waals surface area (Å²) in [5, 5.41) is 19.5. The predicted molar refractivity (Wildman–Crippen MR) is 72.8 cm³/mol. The highest BCUT2D eigenvalue weighted by atomic mass is 79.9. The van der Waals surface area contributed by atoms with Crippen LogP contribution in [0.5, 0.6) is 11.5 Å². The second-order valence-electron chi connectivity index (χ2n) is 4.12. The number of benzene rings is 2. The molecule has 0 bridgehead atoms. The lowest BCUT2D eigenvalue weighted by atomic mass is 10.1. The van der Waals surface area contributed by atoms with Crippen LogP contribution in [0.1, 0.15) is 5.56 Å². The molecular formula is C13H9BrN2O2. The molecule has 0 saturated carbocycles. The quantitative estimate of drug-likeness (QED) is 0.626. The number of rotatable bonds is 0. The van der Waals surface area contributed by atoms with Gasteiger partial charge in [0, 0.05) is 10.5 Å². The van der Waals surface area contributed by atoms with Crippen LogP contribution in [0.25, 0.3) is 22.1 Å². The van der Waals surface area contributed by atoms with Gasteiger partial charge in [-0.3, -0.25) is 0 Å². The summed E-state index contributed by atoms with van der Waals surface area (Å²) in [5.41, 5.74) is 3.00. The summed E-state index contributed by atoms with van der Waals surface area (Å²) in [6.45, 7) is 1.81. The van der Waals surface area contributed by atoms with Gasteiger partial charge in [-0.05, 0) is 46.6 Å².